The SMILES string of the molecule is c1ccc(-n2c3ccccc3c3cccc([Si](c4ccccc4)(c4ccccc4)c4cccc(-c5ccc6c(c5)sc5ccccc56)c4)c32)cc1. The molecule has 0 fully saturated rings. The molecule has 2 heterocycles. The van der Waals surface area contributed by atoms with Crippen LogP contribution in [0.2, 0.25) is 0 Å². The molecule has 240 valence electrons. The number of benzene rings is 8. The monoisotopic (exact) mass is 683 g/mol. The second-order valence-electron chi connectivity index (χ2n) is 13.3. The highest BCUT2D eigenvalue weighted by Crippen LogP contribution is 2.37. The zero-order chi connectivity index (χ0) is 33.8. The van der Waals surface area contributed by atoms with Crippen molar-refractivity contribution in [1.29, 1.82) is 0 Å². The number of para-hydroxylation sites is 3. The molecule has 0 N–H and O–H groups in total. The second-order valence-corrected chi connectivity index (χ2v) is 18.1. The van der Waals surface area contributed by atoms with E-state index in [0.29, 0.717) is 0 Å². The average molecular weight is 684 g/mol. The molecule has 10 aromatic rings. The van der Waals surface area contributed by atoms with Gasteiger partial charge in [-0.15, -0.1) is 11.3 Å². The summed E-state index contributed by atoms with van der Waals surface area (Å²) in [7, 11) is -2.95. The van der Waals surface area contributed by atoms with Crippen molar-refractivity contribution >= 4 is 82.1 Å². The van der Waals surface area contributed by atoms with Crippen molar-refractivity contribution in [3.8, 4) is 16.8 Å². The minimum absolute atomic E-state index is 1.17. The first-order valence-corrected chi connectivity index (χ1v) is 20.3. The zero-order valence-corrected chi connectivity index (χ0v) is 29.7. The Morgan fingerprint density at radius 1 is 0.373 bits per heavy atom. The van der Waals surface area contributed by atoms with E-state index in [0.717, 1.165) is 0 Å². The Morgan fingerprint density at radius 2 is 0.941 bits per heavy atom. The summed E-state index contributed by atoms with van der Waals surface area (Å²) in [5.41, 5.74) is 6.16. The number of hydrogen-bond acceptors (Lipinski definition) is 1. The lowest BCUT2D eigenvalue weighted by atomic mass is 10.0. The van der Waals surface area contributed by atoms with Crippen molar-refractivity contribution < 1.29 is 0 Å². The largest absolute Gasteiger partial charge is 0.309 e. The van der Waals surface area contributed by atoms with Crippen LogP contribution in [0.15, 0.2) is 200 Å². The van der Waals surface area contributed by atoms with Gasteiger partial charge in [0.25, 0.3) is 0 Å². The summed E-state index contributed by atoms with van der Waals surface area (Å²) in [6.07, 6.45) is 0. The molecular formula is C48H33NSSi. The van der Waals surface area contributed by atoms with Crippen LogP contribution in [-0.2, 0) is 0 Å². The predicted octanol–water partition coefficient (Wildman–Crippen LogP) is 10.2. The smallest absolute Gasteiger partial charge is 0.181 e. The number of aromatic nitrogens is 1. The molecule has 0 amide bonds. The van der Waals surface area contributed by atoms with E-state index in [2.05, 4.69) is 205 Å². The first-order valence-electron chi connectivity index (χ1n) is 17.5. The Balaban J connectivity index is 1.32. The highest BCUT2D eigenvalue weighted by atomic mass is 32.1. The van der Waals surface area contributed by atoms with Crippen LogP contribution < -0.4 is 20.7 Å². The lowest BCUT2D eigenvalue weighted by molar-refractivity contribution is 1.18. The van der Waals surface area contributed by atoms with Gasteiger partial charge in [-0.2, -0.15) is 0 Å². The molecule has 0 unspecified atom stereocenters. The van der Waals surface area contributed by atoms with E-state index in [-0.39, 0.29) is 0 Å². The minimum atomic E-state index is -2.95. The van der Waals surface area contributed by atoms with Crippen molar-refractivity contribution in [2.24, 2.45) is 0 Å². The maximum atomic E-state index is 2.51. The van der Waals surface area contributed by atoms with Gasteiger partial charge in [0, 0.05) is 36.6 Å². The molecule has 2 aromatic heterocycles. The fraction of sp³-hybridized carbons (Fsp3) is 0. The summed E-state index contributed by atoms with van der Waals surface area (Å²) >= 11 is 1.88. The topological polar surface area (TPSA) is 4.93 Å². The third-order valence-electron chi connectivity index (χ3n) is 10.5. The highest BCUT2D eigenvalue weighted by Gasteiger charge is 2.43. The molecule has 0 bridgehead atoms. The Morgan fingerprint density at radius 3 is 1.71 bits per heavy atom. The van der Waals surface area contributed by atoms with Crippen LogP contribution in [0.5, 0.6) is 0 Å². The lowest BCUT2D eigenvalue weighted by Crippen LogP contribution is -2.75. The van der Waals surface area contributed by atoms with Gasteiger partial charge in [-0.25, -0.2) is 0 Å². The summed E-state index contributed by atoms with van der Waals surface area (Å²) in [5.74, 6) is 0. The molecule has 10 rings (SSSR count). The fourth-order valence-corrected chi connectivity index (χ4v) is 14.5. The van der Waals surface area contributed by atoms with Crippen LogP contribution >= 0.6 is 11.3 Å². The summed E-state index contributed by atoms with van der Waals surface area (Å²) < 4.78 is 5.16. The molecule has 0 aliphatic heterocycles. The Bertz CT molecular complexity index is 2810. The third-order valence-corrected chi connectivity index (χ3v) is 16.5. The van der Waals surface area contributed by atoms with E-state index in [1.807, 2.05) is 11.3 Å². The van der Waals surface area contributed by atoms with Gasteiger partial charge in [-0.3, -0.25) is 0 Å². The van der Waals surface area contributed by atoms with E-state index >= 15 is 0 Å². The van der Waals surface area contributed by atoms with E-state index in [1.54, 1.807) is 0 Å². The minimum Gasteiger partial charge on any atom is -0.309 e. The van der Waals surface area contributed by atoms with E-state index < -0.39 is 8.07 Å². The van der Waals surface area contributed by atoms with E-state index in [9.17, 15) is 0 Å². The van der Waals surface area contributed by atoms with Crippen molar-refractivity contribution in [2.45, 2.75) is 0 Å². The van der Waals surface area contributed by atoms with Crippen LogP contribution in [0.25, 0.3) is 58.8 Å². The molecule has 1 nitrogen and oxygen atoms in total. The normalized spacial score (nSPS) is 11.9. The first-order chi connectivity index (χ1) is 25.3. The number of nitrogens with zero attached hydrogens (tertiary/aromatic N) is 1. The van der Waals surface area contributed by atoms with Crippen LogP contribution in [-0.4, -0.2) is 12.6 Å². The highest BCUT2D eigenvalue weighted by molar-refractivity contribution is 7.25. The molecular weight excluding hydrogens is 651 g/mol. The molecule has 0 atom stereocenters. The second kappa shape index (κ2) is 12.1. The van der Waals surface area contributed by atoms with E-state index in [4.69, 9.17) is 0 Å². The van der Waals surface area contributed by atoms with Crippen LogP contribution in [0, 0.1) is 0 Å². The molecule has 0 saturated heterocycles. The predicted molar refractivity (Wildman–Crippen MR) is 223 cm³/mol. The molecule has 8 aromatic carbocycles. The maximum absolute atomic E-state index is 2.95. The fourth-order valence-electron chi connectivity index (χ4n) is 8.35. The van der Waals surface area contributed by atoms with Crippen molar-refractivity contribution in [1.82, 2.24) is 4.57 Å². The quantitative estimate of drug-likeness (QED) is 0.121. The van der Waals surface area contributed by atoms with Gasteiger partial charge in [-0.05, 0) is 62.2 Å². The summed E-state index contributed by atoms with van der Waals surface area (Å²) in [6, 6.07) is 74.6. The van der Waals surface area contributed by atoms with Gasteiger partial charge in [-0.1, -0.05) is 170 Å². The van der Waals surface area contributed by atoms with E-state index in [1.165, 1.54) is 79.5 Å². The molecule has 0 aliphatic carbocycles. The number of hydrogen-bond donors (Lipinski definition) is 0. The maximum Gasteiger partial charge on any atom is 0.181 e. The Kier molecular flexibility index (Phi) is 7.09. The lowest BCUT2D eigenvalue weighted by Gasteiger charge is -2.35. The van der Waals surface area contributed by atoms with Crippen molar-refractivity contribution in [3.05, 3.63) is 200 Å². The van der Waals surface area contributed by atoms with Gasteiger partial charge < -0.3 is 4.57 Å². The third kappa shape index (κ3) is 4.66. The molecule has 0 radical (unpaired) electrons. The molecule has 51 heavy (non-hydrogen) atoms. The summed E-state index contributed by atoms with van der Waals surface area (Å²) in [6.45, 7) is 0. The summed E-state index contributed by atoms with van der Waals surface area (Å²) in [5, 5.41) is 10.7. The zero-order valence-electron chi connectivity index (χ0n) is 27.9. The standard InChI is InChI=1S/C48H33NSSi/c1-4-17-36(18-5-1)49-44-27-12-10-24-40(44)43-26-15-29-47(48(43)49)51(37-19-6-2-7-20-37,38-21-8-3-9-22-38)39-23-14-16-34(32-39)35-30-31-42-41-25-11-13-28-45(41)50-46(42)33-35/h1-33H. The Hall–Kier alpha value is -6.00. The average Bonchev–Trinajstić information content (AvgIpc) is 3.75. The van der Waals surface area contributed by atoms with Gasteiger partial charge in [0.15, 0.2) is 8.07 Å². The number of rotatable bonds is 6. The molecule has 0 aliphatic rings. The van der Waals surface area contributed by atoms with Gasteiger partial charge in [0.1, 0.15) is 0 Å². The van der Waals surface area contributed by atoms with Gasteiger partial charge in [0.2, 0.25) is 0 Å². The molecule has 3 heteroatoms. The molecule has 0 saturated carbocycles. The van der Waals surface area contributed by atoms with Crippen LogP contribution in [0.4, 0.5) is 0 Å². The summed E-state index contributed by atoms with van der Waals surface area (Å²) in [4.78, 5) is 0. The first kappa shape index (κ1) is 29.9. The van der Waals surface area contributed by atoms with Crippen LogP contribution in [0.1, 0.15) is 0 Å². The Labute approximate surface area is 302 Å². The van der Waals surface area contributed by atoms with Crippen molar-refractivity contribution in [2.75, 3.05) is 0 Å². The number of fused-ring (bicyclic) bond motifs is 6. The van der Waals surface area contributed by atoms with Crippen LogP contribution in [0.3, 0.4) is 0 Å². The number of thiophene rings is 1. The van der Waals surface area contributed by atoms with Gasteiger partial charge in [0.05, 0.1) is 11.0 Å². The van der Waals surface area contributed by atoms with Crippen molar-refractivity contribution in [3.63, 3.8) is 0 Å². The molecule has 0 spiro atoms. The van der Waals surface area contributed by atoms with Gasteiger partial charge >= 0.3 is 0 Å².